The van der Waals surface area contributed by atoms with Crippen LogP contribution in [0.4, 0.5) is 8.78 Å². The van der Waals surface area contributed by atoms with E-state index >= 15 is 0 Å². The molecule has 3 N–H and O–H groups in total. The molecule has 1 amide bonds. The van der Waals surface area contributed by atoms with Crippen molar-refractivity contribution in [3.05, 3.63) is 29.8 Å². The molecule has 0 spiro atoms. The fraction of sp³-hybridized carbons (Fsp3) is 0.533. The van der Waals surface area contributed by atoms with Crippen molar-refractivity contribution < 1.29 is 22.0 Å². The van der Waals surface area contributed by atoms with Crippen molar-refractivity contribution in [3.8, 4) is 0 Å². The van der Waals surface area contributed by atoms with E-state index in [2.05, 4.69) is 4.72 Å². The topological polar surface area (TPSA) is 92.5 Å². The maximum atomic E-state index is 13.1. The number of rotatable bonds is 6. The molecule has 6 nitrogen and oxygen atoms in total. The largest absolute Gasteiger partial charge is 0.342 e. The maximum Gasteiger partial charge on any atom is 0.240 e. The van der Waals surface area contributed by atoms with Gasteiger partial charge < -0.3 is 10.6 Å². The first kappa shape index (κ1) is 18.8. The molecule has 2 rings (SSSR count). The van der Waals surface area contributed by atoms with Crippen molar-refractivity contribution in [2.24, 2.45) is 11.1 Å². The van der Waals surface area contributed by atoms with Crippen LogP contribution in [0.2, 0.25) is 0 Å². The summed E-state index contributed by atoms with van der Waals surface area (Å²) in [5.41, 5.74) is 5.59. The maximum absolute atomic E-state index is 13.1. The molecule has 24 heavy (non-hydrogen) atoms. The highest BCUT2D eigenvalue weighted by atomic mass is 32.2. The summed E-state index contributed by atoms with van der Waals surface area (Å²) in [6.45, 7) is 3.53. The number of carbonyl (C=O) groups excluding carboxylic acids is 1. The third-order valence-electron chi connectivity index (χ3n) is 4.24. The summed E-state index contributed by atoms with van der Waals surface area (Å²) < 4.78 is 52.2. The zero-order chi connectivity index (χ0) is 18.0. The molecule has 0 bridgehead atoms. The number of nitrogens with zero attached hydrogens (tertiary/aromatic N) is 1. The molecule has 1 aliphatic rings. The van der Waals surface area contributed by atoms with Crippen LogP contribution in [0.3, 0.4) is 0 Å². The molecule has 134 valence electrons. The molecule has 9 heteroatoms. The minimum atomic E-state index is -3.99. The average molecular weight is 361 g/mol. The summed E-state index contributed by atoms with van der Waals surface area (Å²) in [5, 5.41) is 0. The Morgan fingerprint density at radius 1 is 1.38 bits per heavy atom. The first-order valence-electron chi connectivity index (χ1n) is 7.59. The van der Waals surface area contributed by atoms with Gasteiger partial charge in [-0.25, -0.2) is 21.9 Å². The summed E-state index contributed by atoms with van der Waals surface area (Å²) in [4.78, 5) is 13.4. The lowest BCUT2D eigenvalue weighted by atomic mass is 9.90. The number of nitrogens with two attached hydrogens (primary N) is 1. The Morgan fingerprint density at radius 2 is 2.08 bits per heavy atom. The Balaban J connectivity index is 1.89. The van der Waals surface area contributed by atoms with Gasteiger partial charge in [0.15, 0.2) is 11.6 Å². The van der Waals surface area contributed by atoms with Crippen LogP contribution in [0.1, 0.15) is 19.8 Å². The second-order valence-corrected chi connectivity index (χ2v) is 8.07. The number of sulfonamides is 1. The molecule has 0 radical (unpaired) electrons. The molecule has 1 atom stereocenters. The van der Waals surface area contributed by atoms with E-state index in [1.165, 1.54) is 0 Å². The summed E-state index contributed by atoms with van der Waals surface area (Å²) >= 11 is 0. The van der Waals surface area contributed by atoms with Crippen LogP contribution in [0, 0.1) is 17.0 Å². The zero-order valence-corrected chi connectivity index (χ0v) is 14.2. The summed E-state index contributed by atoms with van der Waals surface area (Å²) in [6, 6.07) is 2.31. The number of benzene rings is 1. The number of halogens is 2. The number of carbonyl (C=O) groups is 1. The van der Waals surface area contributed by atoms with E-state index in [-0.39, 0.29) is 29.2 Å². The SMILES string of the molecule is CC1(CN)CCN(C(=O)CCNS(=O)(=O)c2ccc(F)c(F)c2)C1. The van der Waals surface area contributed by atoms with Gasteiger partial charge >= 0.3 is 0 Å². The highest BCUT2D eigenvalue weighted by Gasteiger charge is 2.34. The van der Waals surface area contributed by atoms with Crippen molar-refractivity contribution in [1.82, 2.24) is 9.62 Å². The second kappa shape index (κ2) is 7.12. The van der Waals surface area contributed by atoms with Gasteiger partial charge in [-0.3, -0.25) is 4.79 Å². The molecular weight excluding hydrogens is 340 g/mol. The quantitative estimate of drug-likeness (QED) is 0.785. The van der Waals surface area contributed by atoms with E-state index in [9.17, 15) is 22.0 Å². The standard InChI is InChI=1S/C15H21F2N3O3S/c1-15(9-18)5-7-20(10-15)14(21)4-6-19-24(22,23)11-2-3-12(16)13(17)8-11/h2-3,8,19H,4-7,9-10,18H2,1H3. The van der Waals surface area contributed by atoms with Crippen LogP contribution in [-0.2, 0) is 14.8 Å². The highest BCUT2D eigenvalue weighted by molar-refractivity contribution is 7.89. The van der Waals surface area contributed by atoms with Gasteiger partial charge in [0.1, 0.15) is 0 Å². The van der Waals surface area contributed by atoms with E-state index in [0.717, 1.165) is 18.6 Å². The molecule has 1 saturated heterocycles. The third-order valence-corrected chi connectivity index (χ3v) is 5.69. The van der Waals surface area contributed by atoms with Crippen LogP contribution in [0.5, 0.6) is 0 Å². The first-order chi connectivity index (χ1) is 11.2. The Kier molecular flexibility index (Phi) is 5.56. The van der Waals surface area contributed by atoms with E-state index < -0.39 is 21.7 Å². The predicted molar refractivity (Wildman–Crippen MR) is 84.5 cm³/mol. The van der Waals surface area contributed by atoms with Crippen LogP contribution in [-0.4, -0.2) is 45.4 Å². The lowest BCUT2D eigenvalue weighted by molar-refractivity contribution is -0.130. The van der Waals surface area contributed by atoms with Gasteiger partial charge in [0.05, 0.1) is 4.90 Å². The fourth-order valence-corrected chi connectivity index (χ4v) is 3.62. The number of hydrogen-bond acceptors (Lipinski definition) is 4. The number of amides is 1. The second-order valence-electron chi connectivity index (χ2n) is 6.30. The minimum absolute atomic E-state index is 0.0104. The Hall–Kier alpha value is -1.58. The number of likely N-dealkylation sites (tertiary alicyclic amines) is 1. The monoisotopic (exact) mass is 361 g/mol. The van der Waals surface area contributed by atoms with E-state index in [0.29, 0.717) is 25.7 Å². The van der Waals surface area contributed by atoms with Gasteiger partial charge in [-0.1, -0.05) is 6.92 Å². The molecule has 1 heterocycles. The molecule has 1 aromatic rings. The average Bonchev–Trinajstić information content (AvgIpc) is 2.93. The third kappa shape index (κ3) is 4.28. The Morgan fingerprint density at radius 3 is 2.67 bits per heavy atom. The van der Waals surface area contributed by atoms with Gasteiger partial charge in [0.25, 0.3) is 0 Å². The zero-order valence-electron chi connectivity index (χ0n) is 13.4. The molecule has 0 saturated carbocycles. The van der Waals surface area contributed by atoms with Crippen molar-refractivity contribution in [3.63, 3.8) is 0 Å². The molecule has 1 fully saturated rings. The summed E-state index contributed by atoms with van der Waals surface area (Å²) in [6.07, 6.45) is 0.805. The fourth-order valence-electron chi connectivity index (χ4n) is 2.58. The Labute approximate surface area is 140 Å². The summed E-state index contributed by atoms with van der Waals surface area (Å²) in [7, 11) is -3.99. The van der Waals surface area contributed by atoms with Crippen molar-refractivity contribution in [2.75, 3.05) is 26.2 Å². The Bertz CT molecular complexity index is 727. The number of hydrogen-bond donors (Lipinski definition) is 2. The molecule has 1 aliphatic heterocycles. The predicted octanol–water partition coefficient (Wildman–Crippen LogP) is 0.831. The van der Waals surface area contributed by atoms with Crippen molar-refractivity contribution in [1.29, 1.82) is 0 Å². The van der Waals surface area contributed by atoms with Crippen LogP contribution < -0.4 is 10.5 Å². The smallest absolute Gasteiger partial charge is 0.240 e. The highest BCUT2D eigenvalue weighted by Crippen LogP contribution is 2.28. The van der Waals surface area contributed by atoms with Crippen molar-refractivity contribution >= 4 is 15.9 Å². The lowest BCUT2D eigenvalue weighted by Gasteiger charge is -2.22. The van der Waals surface area contributed by atoms with E-state index in [4.69, 9.17) is 5.73 Å². The van der Waals surface area contributed by atoms with E-state index in [1.54, 1.807) is 4.90 Å². The first-order valence-corrected chi connectivity index (χ1v) is 9.08. The molecule has 0 aliphatic carbocycles. The normalized spacial score (nSPS) is 21.2. The summed E-state index contributed by atoms with van der Waals surface area (Å²) in [5.74, 6) is -2.53. The van der Waals surface area contributed by atoms with E-state index in [1.807, 2.05) is 6.92 Å². The van der Waals surface area contributed by atoms with Gasteiger partial charge in [0.2, 0.25) is 15.9 Å². The van der Waals surface area contributed by atoms with Crippen LogP contribution >= 0.6 is 0 Å². The van der Waals surface area contributed by atoms with Gasteiger partial charge in [-0.2, -0.15) is 0 Å². The van der Waals surface area contributed by atoms with Gasteiger partial charge in [0, 0.05) is 26.1 Å². The number of nitrogens with one attached hydrogen (secondary N) is 1. The molecule has 0 aromatic heterocycles. The van der Waals surface area contributed by atoms with Gasteiger partial charge in [-0.05, 0) is 36.6 Å². The molecule has 1 aromatic carbocycles. The van der Waals surface area contributed by atoms with Crippen LogP contribution in [0.25, 0.3) is 0 Å². The van der Waals surface area contributed by atoms with Crippen LogP contribution in [0.15, 0.2) is 23.1 Å². The van der Waals surface area contributed by atoms with Gasteiger partial charge in [-0.15, -0.1) is 0 Å². The van der Waals surface area contributed by atoms with Crippen molar-refractivity contribution in [2.45, 2.75) is 24.7 Å². The lowest BCUT2D eigenvalue weighted by Crippen LogP contribution is -2.36. The minimum Gasteiger partial charge on any atom is -0.342 e. The molecule has 1 unspecified atom stereocenters. The molecular formula is C15H21F2N3O3S.